The standard InChI is InChI=1S/C21H25FN2O3/c1-14(2)8-9-23-20(25)18-13-24(21(26)19-7-4-10-27-19)12-17(18)15-5-3-6-16(22)11-15/h3-7,10-11,14,17-18H,8-9,12-13H2,1-2H3,(H,23,25)/t17-,18+/m0/s1. The zero-order valence-electron chi connectivity index (χ0n) is 15.7. The molecule has 0 radical (unpaired) electrons. The van der Waals surface area contributed by atoms with Crippen molar-refractivity contribution in [3.63, 3.8) is 0 Å². The largest absolute Gasteiger partial charge is 0.459 e. The molecule has 0 aliphatic carbocycles. The van der Waals surface area contributed by atoms with E-state index in [1.54, 1.807) is 23.1 Å². The molecule has 0 bridgehead atoms. The topological polar surface area (TPSA) is 62.6 Å². The van der Waals surface area contributed by atoms with Gasteiger partial charge in [-0.3, -0.25) is 9.59 Å². The molecule has 27 heavy (non-hydrogen) atoms. The highest BCUT2D eigenvalue weighted by molar-refractivity contribution is 5.92. The summed E-state index contributed by atoms with van der Waals surface area (Å²) in [6.45, 7) is 5.43. The van der Waals surface area contributed by atoms with E-state index < -0.39 is 5.92 Å². The lowest BCUT2D eigenvalue weighted by atomic mass is 9.88. The molecule has 2 atom stereocenters. The van der Waals surface area contributed by atoms with Gasteiger partial charge in [-0.2, -0.15) is 0 Å². The van der Waals surface area contributed by atoms with Gasteiger partial charge in [0, 0.05) is 25.6 Å². The van der Waals surface area contributed by atoms with Gasteiger partial charge in [0.15, 0.2) is 5.76 Å². The van der Waals surface area contributed by atoms with Crippen LogP contribution >= 0.6 is 0 Å². The number of carbonyl (C=O) groups excluding carboxylic acids is 2. The maximum Gasteiger partial charge on any atom is 0.289 e. The Morgan fingerprint density at radius 2 is 2.07 bits per heavy atom. The summed E-state index contributed by atoms with van der Waals surface area (Å²) in [7, 11) is 0. The molecule has 1 saturated heterocycles. The Hall–Kier alpha value is -2.63. The van der Waals surface area contributed by atoms with Crippen LogP contribution in [0.2, 0.25) is 0 Å². The van der Waals surface area contributed by atoms with Crippen molar-refractivity contribution in [2.24, 2.45) is 11.8 Å². The molecule has 2 amide bonds. The van der Waals surface area contributed by atoms with E-state index in [-0.39, 0.29) is 35.9 Å². The summed E-state index contributed by atoms with van der Waals surface area (Å²) >= 11 is 0. The number of likely N-dealkylation sites (tertiary alicyclic amines) is 1. The molecule has 144 valence electrons. The zero-order valence-corrected chi connectivity index (χ0v) is 15.7. The second kappa shape index (κ2) is 8.37. The molecule has 2 heterocycles. The minimum absolute atomic E-state index is 0.0975. The van der Waals surface area contributed by atoms with Crippen LogP contribution in [-0.4, -0.2) is 36.3 Å². The summed E-state index contributed by atoms with van der Waals surface area (Å²) in [5, 5.41) is 2.97. The molecule has 3 rings (SSSR count). The number of nitrogens with one attached hydrogen (secondary N) is 1. The fraction of sp³-hybridized carbons (Fsp3) is 0.429. The summed E-state index contributed by atoms with van der Waals surface area (Å²) in [6.07, 6.45) is 2.33. The third-order valence-electron chi connectivity index (χ3n) is 4.97. The van der Waals surface area contributed by atoms with Crippen molar-refractivity contribution in [3.05, 3.63) is 59.8 Å². The molecule has 1 aromatic heterocycles. The van der Waals surface area contributed by atoms with Crippen molar-refractivity contribution in [3.8, 4) is 0 Å². The second-order valence-electron chi connectivity index (χ2n) is 7.43. The highest BCUT2D eigenvalue weighted by Crippen LogP contribution is 2.34. The van der Waals surface area contributed by atoms with Crippen LogP contribution in [0.5, 0.6) is 0 Å². The van der Waals surface area contributed by atoms with Gasteiger partial charge in [-0.25, -0.2) is 4.39 Å². The molecule has 1 N–H and O–H groups in total. The first-order valence-electron chi connectivity index (χ1n) is 9.31. The van der Waals surface area contributed by atoms with Crippen molar-refractivity contribution < 1.29 is 18.4 Å². The summed E-state index contributed by atoms with van der Waals surface area (Å²) in [5.41, 5.74) is 0.730. The Labute approximate surface area is 158 Å². The van der Waals surface area contributed by atoms with Crippen molar-refractivity contribution in [2.45, 2.75) is 26.2 Å². The monoisotopic (exact) mass is 372 g/mol. The van der Waals surface area contributed by atoms with Gasteiger partial charge in [0.1, 0.15) is 5.82 Å². The number of rotatable bonds is 6. The van der Waals surface area contributed by atoms with E-state index in [2.05, 4.69) is 19.2 Å². The predicted octanol–water partition coefficient (Wildman–Crippen LogP) is 3.44. The number of hydrogen-bond acceptors (Lipinski definition) is 3. The van der Waals surface area contributed by atoms with Gasteiger partial charge in [0.2, 0.25) is 5.91 Å². The van der Waals surface area contributed by atoms with Gasteiger partial charge in [-0.05, 0) is 42.2 Å². The number of nitrogens with zero attached hydrogens (tertiary/aromatic N) is 1. The van der Waals surface area contributed by atoms with Gasteiger partial charge in [-0.15, -0.1) is 0 Å². The van der Waals surface area contributed by atoms with Gasteiger partial charge in [-0.1, -0.05) is 26.0 Å². The SMILES string of the molecule is CC(C)CCNC(=O)[C@@H]1CN(C(=O)c2ccco2)C[C@H]1c1cccc(F)c1. The summed E-state index contributed by atoms with van der Waals surface area (Å²) in [5.74, 6) is -0.629. The fourth-order valence-corrected chi connectivity index (χ4v) is 3.48. The first-order chi connectivity index (χ1) is 13.0. The number of amides is 2. The van der Waals surface area contributed by atoms with Crippen LogP contribution < -0.4 is 5.32 Å². The van der Waals surface area contributed by atoms with Crippen LogP contribution in [0.3, 0.4) is 0 Å². The zero-order chi connectivity index (χ0) is 19.4. The lowest BCUT2D eigenvalue weighted by molar-refractivity contribution is -0.124. The van der Waals surface area contributed by atoms with Crippen molar-refractivity contribution in [1.82, 2.24) is 10.2 Å². The minimum Gasteiger partial charge on any atom is -0.459 e. The number of benzene rings is 1. The molecule has 1 aromatic carbocycles. The molecular formula is C21H25FN2O3. The Bertz CT molecular complexity index is 788. The summed E-state index contributed by atoms with van der Waals surface area (Å²) in [6, 6.07) is 9.53. The Balaban J connectivity index is 1.78. The highest BCUT2D eigenvalue weighted by atomic mass is 19.1. The van der Waals surface area contributed by atoms with Crippen LogP contribution in [-0.2, 0) is 4.79 Å². The van der Waals surface area contributed by atoms with E-state index >= 15 is 0 Å². The Kier molecular flexibility index (Phi) is 5.94. The lowest BCUT2D eigenvalue weighted by Crippen LogP contribution is -2.36. The first-order valence-corrected chi connectivity index (χ1v) is 9.31. The second-order valence-corrected chi connectivity index (χ2v) is 7.43. The number of carbonyl (C=O) groups is 2. The number of furan rings is 1. The molecule has 0 unspecified atom stereocenters. The maximum atomic E-state index is 13.7. The molecule has 1 aliphatic rings. The van der Waals surface area contributed by atoms with Crippen LogP contribution in [0.15, 0.2) is 47.1 Å². The Morgan fingerprint density at radius 3 is 2.74 bits per heavy atom. The molecule has 2 aromatic rings. The van der Waals surface area contributed by atoms with Crippen molar-refractivity contribution >= 4 is 11.8 Å². The van der Waals surface area contributed by atoms with Crippen LogP contribution in [0.1, 0.15) is 42.3 Å². The van der Waals surface area contributed by atoms with E-state index in [0.29, 0.717) is 19.0 Å². The highest BCUT2D eigenvalue weighted by Gasteiger charge is 2.41. The molecular weight excluding hydrogens is 347 g/mol. The first kappa shape index (κ1) is 19.1. The summed E-state index contributed by atoms with van der Waals surface area (Å²) in [4.78, 5) is 27.0. The lowest BCUT2D eigenvalue weighted by Gasteiger charge is -2.18. The van der Waals surface area contributed by atoms with E-state index in [1.165, 1.54) is 18.4 Å². The van der Waals surface area contributed by atoms with Crippen molar-refractivity contribution in [2.75, 3.05) is 19.6 Å². The van der Waals surface area contributed by atoms with E-state index in [0.717, 1.165) is 12.0 Å². The number of halogens is 1. The van der Waals surface area contributed by atoms with E-state index in [4.69, 9.17) is 4.42 Å². The molecule has 1 aliphatic heterocycles. The molecule has 0 saturated carbocycles. The normalized spacial score (nSPS) is 19.5. The van der Waals surface area contributed by atoms with Crippen LogP contribution in [0.4, 0.5) is 4.39 Å². The van der Waals surface area contributed by atoms with Gasteiger partial charge < -0.3 is 14.6 Å². The molecule has 0 spiro atoms. The fourth-order valence-electron chi connectivity index (χ4n) is 3.48. The van der Waals surface area contributed by atoms with Gasteiger partial charge in [0.05, 0.1) is 12.2 Å². The maximum absolute atomic E-state index is 13.7. The summed E-state index contributed by atoms with van der Waals surface area (Å²) < 4.78 is 18.9. The van der Waals surface area contributed by atoms with E-state index in [1.807, 2.05) is 6.07 Å². The molecule has 5 nitrogen and oxygen atoms in total. The smallest absolute Gasteiger partial charge is 0.289 e. The average Bonchev–Trinajstić information content (AvgIpc) is 3.31. The van der Waals surface area contributed by atoms with Crippen LogP contribution in [0.25, 0.3) is 0 Å². The average molecular weight is 372 g/mol. The van der Waals surface area contributed by atoms with Gasteiger partial charge >= 0.3 is 0 Å². The molecule has 6 heteroatoms. The minimum atomic E-state index is -0.419. The van der Waals surface area contributed by atoms with Gasteiger partial charge in [0.25, 0.3) is 5.91 Å². The van der Waals surface area contributed by atoms with Crippen molar-refractivity contribution in [1.29, 1.82) is 0 Å². The molecule has 1 fully saturated rings. The van der Waals surface area contributed by atoms with E-state index in [9.17, 15) is 14.0 Å². The Morgan fingerprint density at radius 1 is 1.26 bits per heavy atom. The van der Waals surface area contributed by atoms with Crippen LogP contribution in [0, 0.1) is 17.7 Å². The quantitative estimate of drug-likeness (QED) is 0.845. The third kappa shape index (κ3) is 4.56. The third-order valence-corrected chi connectivity index (χ3v) is 4.97. The number of hydrogen-bond donors (Lipinski definition) is 1. The predicted molar refractivity (Wildman–Crippen MR) is 99.7 cm³/mol.